The standard InChI is InChI=1S/C21H21S.NO3/c1-16-10-4-7-13-19(16)22(20-14-8-5-11-17(20)2)21-15-9-6-12-18(21)3;2-1(3)4/h4-15H,1-3H3;/q+1;-1. The maximum absolute atomic E-state index is 8.25. The van der Waals surface area contributed by atoms with Gasteiger partial charge in [0.15, 0.2) is 14.7 Å². The van der Waals surface area contributed by atoms with Crippen molar-refractivity contribution in [1.29, 1.82) is 0 Å². The lowest BCUT2D eigenvalue weighted by Gasteiger charge is -2.13. The second-order valence-electron chi connectivity index (χ2n) is 5.83. The molecular formula is C21H21NO3S. The molecule has 0 aliphatic heterocycles. The Labute approximate surface area is 156 Å². The number of aryl methyl sites for hydroxylation is 3. The van der Waals surface area contributed by atoms with Crippen LogP contribution >= 0.6 is 0 Å². The van der Waals surface area contributed by atoms with E-state index in [4.69, 9.17) is 15.3 Å². The molecule has 5 heteroatoms. The molecule has 0 amide bonds. The summed E-state index contributed by atoms with van der Waals surface area (Å²) in [4.78, 5) is 12.5. The van der Waals surface area contributed by atoms with Gasteiger partial charge in [-0.15, -0.1) is 0 Å². The van der Waals surface area contributed by atoms with Crippen molar-refractivity contribution in [1.82, 2.24) is 0 Å². The summed E-state index contributed by atoms with van der Waals surface area (Å²) in [6.45, 7) is 6.64. The first-order valence-electron chi connectivity index (χ1n) is 8.14. The van der Waals surface area contributed by atoms with Gasteiger partial charge in [0.1, 0.15) is 10.9 Å². The fourth-order valence-corrected chi connectivity index (χ4v) is 5.24. The molecule has 0 saturated heterocycles. The lowest BCUT2D eigenvalue weighted by Crippen LogP contribution is -2.09. The van der Waals surface area contributed by atoms with Crippen molar-refractivity contribution in [3.05, 3.63) is 105 Å². The molecule has 3 aromatic carbocycles. The second-order valence-corrected chi connectivity index (χ2v) is 7.76. The molecule has 0 atom stereocenters. The zero-order chi connectivity index (χ0) is 19.1. The number of benzene rings is 3. The number of rotatable bonds is 3. The van der Waals surface area contributed by atoms with Crippen molar-refractivity contribution in [2.24, 2.45) is 0 Å². The number of hydrogen-bond acceptors (Lipinski definition) is 3. The quantitative estimate of drug-likeness (QED) is 0.350. The zero-order valence-corrected chi connectivity index (χ0v) is 15.8. The highest BCUT2D eigenvalue weighted by Gasteiger charge is 2.32. The minimum atomic E-state index is -1.75. The topological polar surface area (TPSA) is 66.2 Å². The smallest absolute Gasteiger partial charge is 0.169 e. The monoisotopic (exact) mass is 367 g/mol. The van der Waals surface area contributed by atoms with Gasteiger partial charge >= 0.3 is 0 Å². The lowest BCUT2D eigenvalue weighted by molar-refractivity contribution is -0.402. The van der Waals surface area contributed by atoms with Gasteiger partial charge in [-0.25, -0.2) is 0 Å². The summed E-state index contributed by atoms with van der Waals surface area (Å²) < 4.78 is 0. The molecule has 134 valence electrons. The molecular weight excluding hydrogens is 346 g/mol. The summed E-state index contributed by atoms with van der Waals surface area (Å²) in [5.41, 5.74) is 4.08. The first kappa shape index (κ1) is 19.5. The molecule has 4 nitrogen and oxygen atoms in total. The summed E-state index contributed by atoms with van der Waals surface area (Å²) in [5.74, 6) is 0. The third kappa shape index (κ3) is 4.86. The highest BCUT2D eigenvalue weighted by Crippen LogP contribution is 2.36. The maximum atomic E-state index is 8.25. The number of nitrogens with zero attached hydrogens (tertiary/aromatic N) is 1. The normalized spacial score (nSPS) is 10.2. The third-order valence-corrected chi connectivity index (χ3v) is 6.63. The van der Waals surface area contributed by atoms with Crippen LogP contribution < -0.4 is 0 Å². The summed E-state index contributed by atoms with van der Waals surface area (Å²) in [5, 5.41) is 14.8. The van der Waals surface area contributed by atoms with Gasteiger partial charge in [-0.1, -0.05) is 54.6 Å². The van der Waals surface area contributed by atoms with Gasteiger partial charge in [0, 0.05) is 16.7 Å². The van der Waals surface area contributed by atoms with E-state index < -0.39 is 5.09 Å². The number of hydrogen-bond donors (Lipinski definition) is 0. The van der Waals surface area contributed by atoms with E-state index >= 15 is 0 Å². The third-order valence-electron chi connectivity index (χ3n) is 3.94. The SMILES string of the molecule is Cc1ccccc1[S+](c1ccccc1C)c1ccccc1C.O=[N+]([O-])[O-]. The van der Waals surface area contributed by atoms with Gasteiger partial charge in [0.2, 0.25) is 0 Å². The molecule has 0 aliphatic rings. The molecule has 0 spiro atoms. The van der Waals surface area contributed by atoms with Crippen molar-refractivity contribution >= 4 is 10.9 Å². The van der Waals surface area contributed by atoms with Crippen LogP contribution in [-0.2, 0) is 10.9 Å². The molecule has 0 bridgehead atoms. The van der Waals surface area contributed by atoms with Crippen molar-refractivity contribution in [3.8, 4) is 0 Å². The van der Waals surface area contributed by atoms with Crippen LogP contribution in [0.1, 0.15) is 16.7 Å². The van der Waals surface area contributed by atoms with Gasteiger partial charge in [-0.2, -0.15) is 0 Å². The molecule has 0 unspecified atom stereocenters. The molecule has 3 aromatic rings. The Morgan fingerprint density at radius 3 is 1.08 bits per heavy atom. The minimum absolute atomic E-state index is 0.0494. The second kappa shape index (κ2) is 9.06. The molecule has 0 fully saturated rings. The zero-order valence-electron chi connectivity index (χ0n) is 15.0. The van der Waals surface area contributed by atoms with Crippen LogP contribution in [0, 0.1) is 36.1 Å². The van der Waals surface area contributed by atoms with Crippen LogP contribution in [0.4, 0.5) is 0 Å². The average molecular weight is 367 g/mol. The highest BCUT2D eigenvalue weighted by molar-refractivity contribution is 7.97. The molecule has 0 radical (unpaired) electrons. The van der Waals surface area contributed by atoms with Gasteiger partial charge in [0.25, 0.3) is 0 Å². The molecule has 3 rings (SSSR count). The van der Waals surface area contributed by atoms with Gasteiger partial charge in [-0.3, -0.25) is 0 Å². The van der Waals surface area contributed by atoms with Crippen molar-refractivity contribution in [3.63, 3.8) is 0 Å². The van der Waals surface area contributed by atoms with Crippen molar-refractivity contribution in [2.75, 3.05) is 0 Å². The predicted octanol–water partition coefficient (Wildman–Crippen LogP) is 5.47. The van der Waals surface area contributed by atoms with E-state index in [9.17, 15) is 0 Å². The Kier molecular flexibility index (Phi) is 6.81. The van der Waals surface area contributed by atoms with E-state index in [1.54, 1.807) is 0 Å². The first-order chi connectivity index (χ1) is 12.4. The summed E-state index contributed by atoms with van der Waals surface area (Å²) in [7, 11) is -0.0494. The van der Waals surface area contributed by atoms with Crippen LogP contribution in [0.3, 0.4) is 0 Å². The highest BCUT2D eigenvalue weighted by atomic mass is 32.2. The average Bonchev–Trinajstić information content (AvgIpc) is 2.59. The minimum Gasteiger partial charge on any atom is -0.356 e. The lowest BCUT2D eigenvalue weighted by atomic mass is 10.2. The molecule has 0 heterocycles. The Morgan fingerprint density at radius 2 is 0.846 bits per heavy atom. The van der Waals surface area contributed by atoms with Gasteiger partial charge < -0.3 is 15.3 Å². The molecule has 0 N–H and O–H groups in total. The Bertz CT molecular complexity index is 784. The molecule has 0 saturated carbocycles. The Hall–Kier alpha value is -2.79. The van der Waals surface area contributed by atoms with Crippen LogP contribution in [0.2, 0.25) is 0 Å². The van der Waals surface area contributed by atoms with Crippen LogP contribution in [0.25, 0.3) is 0 Å². The van der Waals surface area contributed by atoms with E-state index in [1.807, 2.05) is 0 Å². The maximum Gasteiger partial charge on any atom is 0.169 e. The molecule has 0 aromatic heterocycles. The fraction of sp³-hybridized carbons (Fsp3) is 0.143. The molecule has 26 heavy (non-hydrogen) atoms. The van der Waals surface area contributed by atoms with E-state index in [1.165, 1.54) is 31.4 Å². The van der Waals surface area contributed by atoms with Crippen molar-refractivity contribution < 1.29 is 5.09 Å². The van der Waals surface area contributed by atoms with E-state index in [-0.39, 0.29) is 10.9 Å². The van der Waals surface area contributed by atoms with Crippen LogP contribution in [0.5, 0.6) is 0 Å². The van der Waals surface area contributed by atoms with E-state index in [0.29, 0.717) is 0 Å². The summed E-state index contributed by atoms with van der Waals surface area (Å²) in [6, 6.07) is 26.3. The Morgan fingerprint density at radius 1 is 0.615 bits per heavy atom. The predicted molar refractivity (Wildman–Crippen MR) is 106 cm³/mol. The summed E-state index contributed by atoms with van der Waals surface area (Å²) >= 11 is 0. The van der Waals surface area contributed by atoms with E-state index in [0.717, 1.165) is 0 Å². The van der Waals surface area contributed by atoms with Gasteiger partial charge in [-0.05, 0) is 39.0 Å². The fourth-order valence-electron chi connectivity index (χ4n) is 2.71. The van der Waals surface area contributed by atoms with E-state index in [2.05, 4.69) is 93.6 Å². The first-order valence-corrected chi connectivity index (χ1v) is 9.37. The Balaban J connectivity index is 0.000000552. The van der Waals surface area contributed by atoms with Gasteiger partial charge in [0.05, 0.1) is 5.09 Å². The van der Waals surface area contributed by atoms with Crippen LogP contribution in [0.15, 0.2) is 87.5 Å². The van der Waals surface area contributed by atoms with Crippen LogP contribution in [-0.4, -0.2) is 5.09 Å². The molecule has 0 aliphatic carbocycles. The van der Waals surface area contributed by atoms with Crippen molar-refractivity contribution in [2.45, 2.75) is 35.5 Å². The largest absolute Gasteiger partial charge is 0.356 e. The summed E-state index contributed by atoms with van der Waals surface area (Å²) in [6.07, 6.45) is 0.